The highest BCUT2D eigenvalue weighted by Gasteiger charge is 2.25. The Hall–Kier alpha value is -0.560. The Bertz CT molecular complexity index is 591. The minimum absolute atomic E-state index is 0. The highest BCUT2D eigenvalue weighted by molar-refractivity contribution is 6.30. The highest BCUT2D eigenvalue weighted by Crippen LogP contribution is 2.24. The molecule has 2 fully saturated rings. The number of nitrogens with zero attached hydrogens (tertiary/aromatic N) is 1. The zero-order valence-electron chi connectivity index (χ0n) is 17.1. The van der Waals surface area contributed by atoms with Gasteiger partial charge in [-0.2, -0.15) is 0 Å². The van der Waals surface area contributed by atoms with Gasteiger partial charge in [0, 0.05) is 31.1 Å². The predicted octanol–water partition coefficient (Wildman–Crippen LogP) is 3.70. The van der Waals surface area contributed by atoms with Crippen LogP contribution >= 0.6 is 36.4 Å². The Balaban J connectivity index is 0.00000210. The summed E-state index contributed by atoms with van der Waals surface area (Å²) in [7, 11) is 0. The molecular weight excluding hydrogens is 433 g/mol. The number of morpholine rings is 1. The van der Waals surface area contributed by atoms with E-state index in [9.17, 15) is 4.79 Å². The van der Waals surface area contributed by atoms with Gasteiger partial charge in [0.25, 0.3) is 0 Å². The third-order valence-corrected chi connectivity index (χ3v) is 6.13. The molecule has 29 heavy (non-hydrogen) atoms. The second-order valence-corrected chi connectivity index (χ2v) is 8.24. The van der Waals surface area contributed by atoms with E-state index in [1.807, 2.05) is 12.1 Å². The van der Waals surface area contributed by atoms with Crippen LogP contribution in [-0.4, -0.2) is 56.7 Å². The van der Waals surface area contributed by atoms with Crippen molar-refractivity contribution in [1.29, 1.82) is 0 Å². The van der Waals surface area contributed by atoms with E-state index in [4.69, 9.17) is 16.3 Å². The zero-order valence-corrected chi connectivity index (χ0v) is 19.5. The summed E-state index contributed by atoms with van der Waals surface area (Å²) >= 11 is 6.05. The summed E-state index contributed by atoms with van der Waals surface area (Å²) < 4.78 is 5.49. The number of nitrogens with one attached hydrogen (secondary N) is 2. The van der Waals surface area contributed by atoms with E-state index in [-0.39, 0.29) is 36.8 Å². The minimum atomic E-state index is 0. The van der Waals surface area contributed by atoms with Crippen molar-refractivity contribution in [3.63, 3.8) is 0 Å². The van der Waals surface area contributed by atoms with Crippen molar-refractivity contribution in [2.45, 2.75) is 32.2 Å². The van der Waals surface area contributed by atoms with Crippen molar-refractivity contribution < 1.29 is 9.53 Å². The predicted molar refractivity (Wildman–Crippen MR) is 123 cm³/mol. The number of halogens is 3. The largest absolute Gasteiger partial charge is 0.379 e. The lowest BCUT2D eigenvalue weighted by Crippen LogP contribution is -2.44. The summed E-state index contributed by atoms with van der Waals surface area (Å²) in [5.41, 5.74) is 1.19. The van der Waals surface area contributed by atoms with Crippen LogP contribution in [0.2, 0.25) is 5.02 Å². The van der Waals surface area contributed by atoms with Gasteiger partial charge in [0.1, 0.15) is 0 Å². The smallest absolute Gasteiger partial charge is 0.220 e. The van der Waals surface area contributed by atoms with Gasteiger partial charge in [-0.15, -0.1) is 24.8 Å². The Labute approximate surface area is 192 Å². The van der Waals surface area contributed by atoms with E-state index in [2.05, 4.69) is 34.6 Å². The summed E-state index contributed by atoms with van der Waals surface area (Å²) in [5, 5.41) is 7.37. The molecule has 5 nitrogen and oxygen atoms in total. The standard InChI is InChI=1S/C21H32ClN3O2.2ClH/c1-16(18-3-2-8-23-14-18)13-21(26)24-15-20(25-9-11-27-12-10-25)17-4-6-19(22)7-5-17;;/h4-7,16,18,20,23H,2-3,8-15H2,1H3,(H,24,26);2*1H. The molecule has 3 unspecified atom stereocenters. The number of piperidine rings is 1. The third-order valence-electron chi connectivity index (χ3n) is 5.88. The van der Waals surface area contributed by atoms with Crippen molar-refractivity contribution in [3.05, 3.63) is 34.9 Å². The molecule has 0 saturated carbocycles. The second-order valence-electron chi connectivity index (χ2n) is 7.81. The Morgan fingerprint density at radius 1 is 1.28 bits per heavy atom. The van der Waals surface area contributed by atoms with Crippen molar-refractivity contribution in [1.82, 2.24) is 15.5 Å². The topological polar surface area (TPSA) is 53.6 Å². The van der Waals surface area contributed by atoms with Crippen LogP contribution in [0.4, 0.5) is 0 Å². The molecular formula is C21H34Cl3N3O2. The molecule has 0 bridgehead atoms. The molecule has 0 spiro atoms. The van der Waals surface area contributed by atoms with E-state index >= 15 is 0 Å². The number of ether oxygens (including phenoxy) is 1. The van der Waals surface area contributed by atoms with Gasteiger partial charge >= 0.3 is 0 Å². The van der Waals surface area contributed by atoms with Gasteiger partial charge < -0.3 is 15.4 Å². The molecule has 2 saturated heterocycles. The molecule has 0 aliphatic carbocycles. The van der Waals surface area contributed by atoms with Crippen LogP contribution < -0.4 is 10.6 Å². The maximum atomic E-state index is 12.6. The number of carbonyl (C=O) groups is 1. The Kier molecular flexibility index (Phi) is 12.5. The normalized spacial score (nSPS) is 21.9. The van der Waals surface area contributed by atoms with Crippen LogP contribution in [0, 0.1) is 11.8 Å². The maximum absolute atomic E-state index is 12.6. The second kappa shape index (κ2) is 13.7. The first-order chi connectivity index (χ1) is 13.1. The number of hydrogen-bond donors (Lipinski definition) is 2. The van der Waals surface area contributed by atoms with Crippen molar-refractivity contribution in [2.24, 2.45) is 11.8 Å². The quantitative estimate of drug-likeness (QED) is 0.643. The van der Waals surface area contributed by atoms with E-state index < -0.39 is 0 Å². The lowest BCUT2D eigenvalue weighted by Gasteiger charge is -2.35. The van der Waals surface area contributed by atoms with Crippen LogP contribution in [0.25, 0.3) is 0 Å². The van der Waals surface area contributed by atoms with E-state index in [1.54, 1.807) is 0 Å². The Morgan fingerprint density at radius 3 is 2.59 bits per heavy atom. The lowest BCUT2D eigenvalue weighted by molar-refractivity contribution is -0.122. The summed E-state index contributed by atoms with van der Waals surface area (Å²) in [6.45, 7) is 8.22. The molecule has 8 heteroatoms. The fraction of sp³-hybridized carbons (Fsp3) is 0.667. The van der Waals surface area contributed by atoms with Crippen molar-refractivity contribution in [3.8, 4) is 0 Å². The first-order valence-electron chi connectivity index (χ1n) is 10.2. The molecule has 2 aliphatic rings. The van der Waals surface area contributed by atoms with Crippen LogP contribution in [0.1, 0.15) is 37.8 Å². The molecule has 0 aromatic heterocycles. The van der Waals surface area contributed by atoms with E-state index in [1.165, 1.54) is 18.4 Å². The fourth-order valence-electron chi connectivity index (χ4n) is 4.14. The molecule has 2 N–H and O–H groups in total. The molecule has 1 aromatic carbocycles. The van der Waals surface area contributed by atoms with E-state index in [0.29, 0.717) is 24.8 Å². The lowest BCUT2D eigenvalue weighted by atomic mass is 9.85. The van der Waals surface area contributed by atoms with Crippen molar-refractivity contribution >= 4 is 42.3 Å². The third kappa shape index (κ3) is 8.23. The van der Waals surface area contributed by atoms with Gasteiger partial charge in [0.05, 0.1) is 19.3 Å². The molecule has 1 amide bonds. The highest BCUT2D eigenvalue weighted by atomic mass is 35.5. The van der Waals surface area contributed by atoms with Crippen LogP contribution in [0.3, 0.4) is 0 Å². The number of rotatable bonds is 7. The number of benzene rings is 1. The van der Waals surface area contributed by atoms with Crippen LogP contribution in [0.5, 0.6) is 0 Å². The van der Waals surface area contributed by atoms with Crippen LogP contribution in [0.15, 0.2) is 24.3 Å². The van der Waals surface area contributed by atoms with Gasteiger partial charge in [0.2, 0.25) is 5.91 Å². The average molecular weight is 467 g/mol. The minimum Gasteiger partial charge on any atom is -0.379 e. The number of hydrogen-bond acceptors (Lipinski definition) is 4. The first kappa shape index (κ1) is 26.5. The van der Waals surface area contributed by atoms with Gasteiger partial charge in [-0.25, -0.2) is 0 Å². The van der Waals surface area contributed by atoms with Gasteiger partial charge in [-0.1, -0.05) is 30.7 Å². The molecule has 2 heterocycles. The molecule has 166 valence electrons. The van der Waals surface area contributed by atoms with Gasteiger partial charge in [-0.05, 0) is 55.5 Å². The first-order valence-corrected chi connectivity index (χ1v) is 10.6. The molecule has 3 rings (SSSR count). The van der Waals surface area contributed by atoms with Gasteiger partial charge in [-0.3, -0.25) is 9.69 Å². The maximum Gasteiger partial charge on any atom is 0.220 e. The summed E-state index contributed by atoms with van der Waals surface area (Å²) in [6, 6.07) is 8.12. The average Bonchev–Trinajstić information content (AvgIpc) is 2.71. The summed E-state index contributed by atoms with van der Waals surface area (Å²) in [6.07, 6.45) is 3.04. The fourth-order valence-corrected chi connectivity index (χ4v) is 4.26. The van der Waals surface area contributed by atoms with E-state index in [0.717, 1.165) is 44.4 Å². The number of amides is 1. The molecule has 2 aliphatic heterocycles. The molecule has 3 atom stereocenters. The molecule has 0 radical (unpaired) electrons. The molecule has 1 aromatic rings. The summed E-state index contributed by atoms with van der Waals surface area (Å²) in [5.74, 6) is 1.17. The van der Waals surface area contributed by atoms with Gasteiger partial charge in [0.15, 0.2) is 0 Å². The monoisotopic (exact) mass is 465 g/mol. The summed E-state index contributed by atoms with van der Waals surface area (Å²) in [4.78, 5) is 15.0. The van der Waals surface area contributed by atoms with Crippen LogP contribution in [-0.2, 0) is 9.53 Å². The SMILES string of the molecule is CC(CC(=O)NCC(c1ccc(Cl)cc1)N1CCOCC1)C1CCCNC1.Cl.Cl. The Morgan fingerprint density at radius 2 is 1.97 bits per heavy atom. The number of carbonyl (C=O) groups excluding carboxylic acids is 1. The van der Waals surface area contributed by atoms with Crippen molar-refractivity contribution in [2.75, 3.05) is 45.9 Å². The zero-order chi connectivity index (χ0) is 19.1.